The lowest BCUT2D eigenvalue weighted by Gasteiger charge is -2.63. The van der Waals surface area contributed by atoms with E-state index in [0.29, 0.717) is 24.7 Å². The number of hydrogen-bond acceptors (Lipinski definition) is 14. The van der Waals surface area contributed by atoms with Crippen molar-refractivity contribution in [1.29, 1.82) is 0 Å². The van der Waals surface area contributed by atoms with Gasteiger partial charge in [-0.1, -0.05) is 13.8 Å². The summed E-state index contributed by atoms with van der Waals surface area (Å²) in [6, 6.07) is 0. The fraction of sp³-hybridized carbons (Fsp3) is 0.927. The van der Waals surface area contributed by atoms with E-state index < -0.39 is 90.9 Å². The number of ether oxygens (including phenoxy) is 7. The van der Waals surface area contributed by atoms with Gasteiger partial charge in [0.2, 0.25) is 0 Å². The molecule has 0 unspecified atom stereocenters. The van der Waals surface area contributed by atoms with Gasteiger partial charge in [-0.05, 0) is 94.5 Å². The number of aliphatic hydroxyl groups is 6. The first-order valence-electron chi connectivity index (χ1n) is 20.9. The molecule has 0 amide bonds. The van der Waals surface area contributed by atoms with Gasteiger partial charge in [-0.15, -0.1) is 0 Å². The molecule has 8 rings (SSSR count). The van der Waals surface area contributed by atoms with E-state index in [9.17, 15) is 35.4 Å². The summed E-state index contributed by atoms with van der Waals surface area (Å²) in [5, 5.41) is 65.5. The zero-order chi connectivity index (χ0) is 39.2. The van der Waals surface area contributed by atoms with Crippen LogP contribution in [-0.2, 0) is 38.0 Å². The van der Waals surface area contributed by atoms with E-state index in [1.807, 2.05) is 6.92 Å². The summed E-state index contributed by atoms with van der Waals surface area (Å²) in [5.74, 6) is 0.103. The summed E-state index contributed by atoms with van der Waals surface area (Å²) < 4.78 is 43.2. The third-order valence-corrected chi connectivity index (χ3v) is 15.8. The van der Waals surface area contributed by atoms with Gasteiger partial charge in [-0.3, -0.25) is 0 Å². The predicted octanol–water partition coefficient (Wildman–Crippen LogP) is 2.22. The highest BCUT2D eigenvalue weighted by Crippen LogP contribution is 2.70. The Kier molecular flexibility index (Phi) is 11.1. The van der Waals surface area contributed by atoms with Gasteiger partial charge in [0.1, 0.15) is 24.9 Å². The van der Waals surface area contributed by atoms with Crippen LogP contribution in [0, 0.1) is 34.5 Å². The van der Waals surface area contributed by atoms with Gasteiger partial charge in [-0.25, -0.2) is 4.79 Å². The quantitative estimate of drug-likeness (QED) is 0.162. The molecule has 4 saturated carbocycles. The maximum atomic E-state index is 12.6. The predicted molar refractivity (Wildman–Crippen MR) is 193 cm³/mol. The second-order valence-electron chi connectivity index (χ2n) is 18.9. The number of esters is 1. The minimum absolute atomic E-state index is 0.00949. The molecular formula is C41H64O14. The number of hydrogen-bond donors (Lipinski definition) is 6. The summed E-state index contributed by atoms with van der Waals surface area (Å²) in [4.78, 5) is 12.0. The van der Waals surface area contributed by atoms with E-state index in [4.69, 9.17) is 33.2 Å². The van der Waals surface area contributed by atoms with E-state index >= 15 is 0 Å². The monoisotopic (exact) mass is 780 g/mol. The van der Waals surface area contributed by atoms with Crippen LogP contribution in [0.5, 0.6) is 0 Å². The molecule has 14 nitrogen and oxygen atoms in total. The van der Waals surface area contributed by atoms with Crippen molar-refractivity contribution in [2.45, 2.75) is 197 Å². The molecule has 0 spiro atoms. The largest absolute Gasteiger partial charge is 0.458 e. The Hall–Kier alpha value is -1.27. The molecule has 0 radical (unpaired) electrons. The van der Waals surface area contributed by atoms with Gasteiger partial charge in [0, 0.05) is 43.1 Å². The summed E-state index contributed by atoms with van der Waals surface area (Å²) in [6.07, 6.45) is -1.45. The molecule has 8 aliphatic rings. The lowest BCUT2D eigenvalue weighted by atomic mass is 9.43. The molecule has 6 N–H and O–H groups in total. The second kappa shape index (κ2) is 15.1. The molecule has 14 heteroatoms. The summed E-state index contributed by atoms with van der Waals surface area (Å²) >= 11 is 0. The first-order valence-corrected chi connectivity index (χ1v) is 20.9. The molecule has 0 aromatic heterocycles. The Labute approximate surface area is 323 Å². The Morgan fingerprint density at radius 1 is 0.709 bits per heavy atom. The van der Waals surface area contributed by atoms with Crippen LogP contribution in [0.4, 0.5) is 0 Å². The molecule has 0 aromatic carbocycles. The number of carbonyl (C=O) groups is 1. The fourth-order valence-corrected chi connectivity index (χ4v) is 12.8. The molecule has 21 atom stereocenters. The minimum atomic E-state index is -1.03. The molecule has 312 valence electrons. The second-order valence-corrected chi connectivity index (χ2v) is 18.9. The lowest BCUT2D eigenvalue weighted by molar-refractivity contribution is -0.344. The summed E-state index contributed by atoms with van der Waals surface area (Å²) in [7, 11) is 0. The fourth-order valence-electron chi connectivity index (χ4n) is 12.8. The lowest BCUT2D eigenvalue weighted by Crippen LogP contribution is -2.62. The standard InChI is InChI=1S/C41H64O14/c1-19-36(46)27(42)14-32(50-19)54-30-16-34(52-21(3)38(30)55-33-15-28(43)37(47)20(2)51-33)53-24-8-10-39(4)23(13-24)6-7-26-25(39)9-11-40(5)35(22-12-31(45)49-18-22)29(44)17-41(26,40)48/h12,19-21,23-30,32-38,42-44,46-48H,6-11,13-18H2,1-5H3/t19-,20-,21-,23-,24+,25-,26+,27+,28+,29+,30+,32+,33+,34+,35+,36-,37-,38-,39+,40-,41+/m1/s1. The van der Waals surface area contributed by atoms with Crippen molar-refractivity contribution in [2.75, 3.05) is 6.61 Å². The number of rotatable bonds is 7. The topological polar surface area (TPSA) is 203 Å². The van der Waals surface area contributed by atoms with Crippen molar-refractivity contribution < 1.29 is 68.6 Å². The Morgan fingerprint density at radius 2 is 1.35 bits per heavy atom. The van der Waals surface area contributed by atoms with Crippen LogP contribution >= 0.6 is 0 Å². The van der Waals surface area contributed by atoms with Crippen LogP contribution in [0.3, 0.4) is 0 Å². The van der Waals surface area contributed by atoms with Crippen molar-refractivity contribution >= 4 is 5.97 Å². The average Bonchev–Trinajstić information content (AvgIpc) is 3.63. The van der Waals surface area contributed by atoms with Crippen molar-refractivity contribution in [3.63, 3.8) is 0 Å². The number of fused-ring (bicyclic) bond motifs is 5. The van der Waals surface area contributed by atoms with Crippen LogP contribution in [0.15, 0.2) is 11.6 Å². The van der Waals surface area contributed by atoms with E-state index in [1.165, 1.54) is 6.08 Å². The zero-order valence-electron chi connectivity index (χ0n) is 32.9. The van der Waals surface area contributed by atoms with Gasteiger partial charge in [0.05, 0.1) is 54.4 Å². The normalized spacial score (nSPS) is 55.5. The van der Waals surface area contributed by atoms with Crippen LogP contribution < -0.4 is 0 Å². The Balaban J connectivity index is 0.936. The maximum Gasteiger partial charge on any atom is 0.331 e. The third-order valence-electron chi connectivity index (χ3n) is 15.8. The van der Waals surface area contributed by atoms with Gasteiger partial charge < -0.3 is 63.8 Å². The van der Waals surface area contributed by atoms with Crippen molar-refractivity contribution in [1.82, 2.24) is 0 Å². The SMILES string of the molecule is C[C@H]1O[C@@H](O[C@H]2[C@@H](O[C@H]3C[C@H](O)[C@H](O)[C@@H](C)O3)C[C@H](O[C@H]3CC[C@@]4(C)[C@H](CC[C@H]5[C@H]4CC[C@]4(C)[C@@H](C6=CC(=O)OC6)[C@@H](O)C[C@]54O)C3)O[C@@H]2C)C[C@H](O)[C@@H]1O. The highest BCUT2D eigenvalue weighted by Gasteiger charge is 2.70. The molecule has 3 saturated heterocycles. The van der Waals surface area contributed by atoms with E-state index in [-0.39, 0.29) is 48.8 Å². The average molecular weight is 781 g/mol. The molecular weight excluding hydrogens is 716 g/mol. The molecule has 0 aromatic rings. The smallest absolute Gasteiger partial charge is 0.331 e. The van der Waals surface area contributed by atoms with Crippen LogP contribution in [-0.4, -0.2) is 135 Å². The summed E-state index contributed by atoms with van der Waals surface area (Å²) in [6.45, 7) is 9.97. The van der Waals surface area contributed by atoms with Gasteiger partial charge in [0.25, 0.3) is 0 Å². The number of cyclic esters (lactones) is 1. The number of aliphatic hydroxyl groups excluding tert-OH is 5. The first kappa shape index (κ1) is 40.5. The summed E-state index contributed by atoms with van der Waals surface area (Å²) in [5.41, 5.74) is -0.743. The Bertz CT molecular complexity index is 1420. The minimum Gasteiger partial charge on any atom is -0.458 e. The molecule has 55 heavy (non-hydrogen) atoms. The molecule has 4 heterocycles. The van der Waals surface area contributed by atoms with E-state index in [1.54, 1.807) is 13.8 Å². The van der Waals surface area contributed by atoms with Crippen LogP contribution in [0.25, 0.3) is 0 Å². The van der Waals surface area contributed by atoms with Crippen LogP contribution in [0.1, 0.15) is 105 Å². The first-order chi connectivity index (χ1) is 26.0. The zero-order valence-corrected chi connectivity index (χ0v) is 32.9. The number of carbonyl (C=O) groups excluding carboxylic acids is 1. The Morgan fingerprint density at radius 3 is 1.98 bits per heavy atom. The van der Waals surface area contributed by atoms with Gasteiger partial charge >= 0.3 is 5.97 Å². The van der Waals surface area contributed by atoms with Crippen molar-refractivity contribution in [2.24, 2.45) is 34.5 Å². The van der Waals surface area contributed by atoms with Crippen molar-refractivity contribution in [3.05, 3.63) is 11.6 Å². The molecule has 7 fully saturated rings. The maximum absolute atomic E-state index is 12.6. The van der Waals surface area contributed by atoms with Crippen LogP contribution in [0.2, 0.25) is 0 Å². The van der Waals surface area contributed by atoms with Crippen molar-refractivity contribution in [3.8, 4) is 0 Å². The molecule has 0 bridgehead atoms. The third kappa shape index (κ3) is 7.05. The van der Waals surface area contributed by atoms with E-state index in [0.717, 1.165) is 50.5 Å². The highest BCUT2D eigenvalue weighted by atomic mass is 16.7. The highest BCUT2D eigenvalue weighted by molar-refractivity contribution is 5.85. The van der Waals surface area contributed by atoms with E-state index in [2.05, 4.69) is 13.8 Å². The molecule has 4 aliphatic heterocycles. The van der Waals surface area contributed by atoms with Gasteiger partial charge in [-0.2, -0.15) is 0 Å². The van der Waals surface area contributed by atoms with Gasteiger partial charge in [0.15, 0.2) is 18.9 Å². The molecule has 4 aliphatic carbocycles.